The van der Waals surface area contributed by atoms with E-state index in [-0.39, 0.29) is 11.3 Å². The van der Waals surface area contributed by atoms with Gasteiger partial charge in [-0.2, -0.15) is 18.2 Å². The van der Waals surface area contributed by atoms with Crippen LogP contribution in [0.2, 0.25) is 0 Å². The summed E-state index contributed by atoms with van der Waals surface area (Å²) in [6.45, 7) is 3.28. The number of anilines is 1. The Bertz CT molecular complexity index is 1220. The first-order valence-electron chi connectivity index (χ1n) is 9.77. The quantitative estimate of drug-likeness (QED) is 0.737. The number of benzene rings is 2. The lowest BCUT2D eigenvalue weighted by Crippen LogP contribution is -2.72. The lowest BCUT2D eigenvalue weighted by molar-refractivity contribution is -0.201. The highest BCUT2D eigenvalue weighted by Gasteiger charge is 2.74. The highest BCUT2D eigenvalue weighted by atomic mass is 19.4. The number of carbonyl (C=O) groups excluding carboxylic acids is 4. The Morgan fingerprint density at radius 3 is 2.30 bits per heavy atom. The lowest BCUT2D eigenvalue weighted by atomic mass is 9.81. The molecular weight excluding hydrogens is 441 g/mol. The van der Waals surface area contributed by atoms with Crippen LogP contribution >= 0.6 is 0 Å². The average Bonchev–Trinajstić information content (AvgIpc) is 3.02. The summed E-state index contributed by atoms with van der Waals surface area (Å²) >= 11 is 0. The Labute approximate surface area is 185 Å². The van der Waals surface area contributed by atoms with Crippen LogP contribution in [0.1, 0.15) is 21.5 Å². The van der Waals surface area contributed by atoms with Crippen LogP contribution in [0.3, 0.4) is 0 Å². The second-order valence-corrected chi connectivity index (χ2v) is 7.75. The van der Waals surface area contributed by atoms with Gasteiger partial charge in [0.05, 0.1) is 5.69 Å². The molecule has 2 unspecified atom stereocenters. The number of aliphatic imine (C=N–C) groups is 1. The molecule has 4 rings (SSSR count). The maximum Gasteiger partial charge on any atom is 0.422 e. The van der Waals surface area contributed by atoms with E-state index in [1.54, 1.807) is 30.4 Å². The monoisotopic (exact) mass is 458 g/mol. The van der Waals surface area contributed by atoms with E-state index in [1.165, 1.54) is 37.3 Å². The van der Waals surface area contributed by atoms with E-state index >= 15 is 0 Å². The topological polar surface area (TPSA) is 108 Å². The van der Waals surface area contributed by atoms with Crippen LogP contribution in [-0.4, -0.2) is 41.3 Å². The minimum atomic E-state index is -5.41. The zero-order chi connectivity index (χ0) is 24.1. The molecule has 0 aromatic heterocycles. The van der Waals surface area contributed by atoms with E-state index in [9.17, 15) is 32.3 Å². The Balaban J connectivity index is 1.83. The second-order valence-electron chi connectivity index (χ2n) is 7.75. The van der Waals surface area contributed by atoms with Crippen molar-refractivity contribution in [3.05, 3.63) is 65.2 Å². The number of alkyl halides is 3. The van der Waals surface area contributed by atoms with Crippen molar-refractivity contribution in [1.82, 2.24) is 10.6 Å². The van der Waals surface area contributed by atoms with Crippen LogP contribution in [0.4, 0.5) is 23.7 Å². The number of carbonyl (C=O) groups is 4. The van der Waals surface area contributed by atoms with Crippen LogP contribution in [-0.2, 0) is 9.59 Å². The molecular formula is C22H17F3N4O4. The number of hydrogen-bond donors (Lipinski definition) is 2. The van der Waals surface area contributed by atoms with Gasteiger partial charge < -0.3 is 5.32 Å². The van der Waals surface area contributed by atoms with Crippen LogP contribution in [0.5, 0.6) is 0 Å². The normalized spacial score (nSPS) is 22.6. The maximum absolute atomic E-state index is 14.5. The maximum atomic E-state index is 14.5. The Morgan fingerprint density at radius 1 is 1.06 bits per heavy atom. The highest BCUT2D eigenvalue weighted by molar-refractivity contribution is 6.35. The molecule has 0 aliphatic carbocycles. The molecule has 1 fully saturated rings. The van der Waals surface area contributed by atoms with Crippen molar-refractivity contribution in [2.24, 2.45) is 10.9 Å². The van der Waals surface area contributed by atoms with Crippen molar-refractivity contribution < 1.29 is 32.3 Å². The first-order valence-corrected chi connectivity index (χ1v) is 9.77. The Kier molecular flexibility index (Phi) is 5.07. The molecule has 11 heteroatoms. The molecule has 2 N–H and O–H groups in total. The van der Waals surface area contributed by atoms with Gasteiger partial charge in [-0.05, 0) is 37.6 Å². The van der Waals surface area contributed by atoms with Crippen molar-refractivity contribution in [3.8, 4) is 0 Å². The van der Waals surface area contributed by atoms with E-state index in [2.05, 4.69) is 4.99 Å². The number of imide groups is 1. The predicted octanol–water partition coefficient (Wildman–Crippen LogP) is 2.65. The first-order chi connectivity index (χ1) is 15.5. The third-order valence-corrected chi connectivity index (χ3v) is 5.61. The third-order valence-electron chi connectivity index (χ3n) is 5.61. The van der Waals surface area contributed by atoms with E-state index in [4.69, 9.17) is 0 Å². The summed E-state index contributed by atoms with van der Waals surface area (Å²) in [5, 5.41) is 3.59. The predicted molar refractivity (Wildman–Crippen MR) is 111 cm³/mol. The molecule has 5 amide bonds. The van der Waals surface area contributed by atoms with Crippen molar-refractivity contribution in [2.45, 2.75) is 25.6 Å². The van der Waals surface area contributed by atoms with Crippen LogP contribution < -0.4 is 15.5 Å². The fraction of sp³-hybridized carbons (Fsp3) is 0.227. The first kappa shape index (κ1) is 22.2. The molecule has 1 saturated heterocycles. The van der Waals surface area contributed by atoms with E-state index in [0.29, 0.717) is 5.56 Å². The third kappa shape index (κ3) is 3.36. The number of amides is 5. The molecule has 2 aromatic rings. The van der Waals surface area contributed by atoms with Crippen LogP contribution in [0, 0.1) is 19.8 Å². The number of nitrogens with zero attached hydrogens (tertiary/aromatic N) is 2. The zero-order valence-corrected chi connectivity index (χ0v) is 17.4. The van der Waals surface area contributed by atoms with Crippen molar-refractivity contribution >= 4 is 35.3 Å². The average molecular weight is 458 g/mol. The van der Waals surface area contributed by atoms with Crippen molar-refractivity contribution in [2.75, 3.05) is 4.90 Å². The molecule has 0 bridgehead atoms. The molecule has 0 saturated carbocycles. The van der Waals surface area contributed by atoms with Gasteiger partial charge in [0.1, 0.15) is 11.8 Å². The molecule has 33 heavy (non-hydrogen) atoms. The number of urea groups is 1. The van der Waals surface area contributed by atoms with Gasteiger partial charge in [0.15, 0.2) is 0 Å². The molecule has 0 spiro atoms. The van der Waals surface area contributed by atoms with Gasteiger partial charge in [0.2, 0.25) is 11.4 Å². The highest BCUT2D eigenvalue weighted by Crippen LogP contribution is 2.44. The molecule has 2 aromatic carbocycles. The summed E-state index contributed by atoms with van der Waals surface area (Å²) < 4.78 is 43.4. The SMILES string of the molecule is Cc1ccc(N2C(=O)NC(=O)C3C2=NC(=O)C3(NC(=O)c2ccccc2C)C(F)(F)F)cc1. The van der Waals surface area contributed by atoms with E-state index in [0.717, 1.165) is 10.5 Å². The number of rotatable bonds is 3. The van der Waals surface area contributed by atoms with Gasteiger partial charge in [-0.25, -0.2) is 9.69 Å². The van der Waals surface area contributed by atoms with Crippen molar-refractivity contribution in [1.29, 1.82) is 0 Å². The molecule has 8 nitrogen and oxygen atoms in total. The summed E-state index contributed by atoms with van der Waals surface area (Å²) in [7, 11) is 0. The van der Waals surface area contributed by atoms with E-state index in [1.807, 2.05) is 5.32 Å². The lowest BCUT2D eigenvalue weighted by Gasteiger charge is -2.39. The zero-order valence-electron chi connectivity index (χ0n) is 17.4. The smallest absolute Gasteiger partial charge is 0.329 e. The number of fused-ring (bicyclic) bond motifs is 1. The fourth-order valence-corrected chi connectivity index (χ4v) is 3.90. The minimum Gasteiger partial charge on any atom is -0.329 e. The summed E-state index contributed by atoms with van der Waals surface area (Å²) in [5.41, 5.74) is -2.52. The number of aryl methyl sites for hydroxylation is 2. The van der Waals surface area contributed by atoms with Gasteiger partial charge in [0.25, 0.3) is 11.8 Å². The number of hydrogen-bond acceptors (Lipinski definition) is 4. The molecule has 2 heterocycles. The number of amidine groups is 1. The molecule has 2 aliphatic heterocycles. The standard InChI is InChI=1S/C22H17F3N4O4/c1-11-7-9-13(10-8-11)29-16-15(18(31)27-20(29)33)21(19(32)26-16,22(23,24)25)28-17(30)14-6-4-3-5-12(14)2/h3-10,15H,1-2H3,(H,28,30)(H,27,31,33). The largest absolute Gasteiger partial charge is 0.422 e. The molecule has 2 atom stereocenters. The number of nitrogens with one attached hydrogen (secondary N) is 2. The molecule has 0 radical (unpaired) electrons. The summed E-state index contributed by atoms with van der Waals surface area (Å²) in [6.07, 6.45) is -5.41. The summed E-state index contributed by atoms with van der Waals surface area (Å²) in [6, 6.07) is 10.9. The van der Waals surface area contributed by atoms with Gasteiger partial charge in [-0.1, -0.05) is 35.9 Å². The van der Waals surface area contributed by atoms with E-state index < -0.39 is 47.2 Å². The summed E-state index contributed by atoms with van der Waals surface area (Å²) in [4.78, 5) is 55.0. The minimum absolute atomic E-state index is 0.102. The van der Waals surface area contributed by atoms with Crippen LogP contribution in [0.15, 0.2) is 53.5 Å². The van der Waals surface area contributed by atoms with Gasteiger partial charge in [0, 0.05) is 5.56 Å². The summed E-state index contributed by atoms with van der Waals surface area (Å²) in [5.74, 6) is -7.41. The van der Waals surface area contributed by atoms with Gasteiger partial charge >= 0.3 is 12.2 Å². The molecule has 170 valence electrons. The van der Waals surface area contributed by atoms with Gasteiger partial charge in [-0.15, -0.1) is 0 Å². The van der Waals surface area contributed by atoms with Gasteiger partial charge in [-0.3, -0.25) is 19.7 Å². The second kappa shape index (κ2) is 7.54. The van der Waals surface area contributed by atoms with Crippen molar-refractivity contribution in [3.63, 3.8) is 0 Å². The Hall–Kier alpha value is -4.02. The fourth-order valence-electron chi connectivity index (χ4n) is 3.90. The van der Waals surface area contributed by atoms with Crippen LogP contribution in [0.25, 0.3) is 0 Å². The Morgan fingerprint density at radius 2 is 1.70 bits per heavy atom. The number of halogens is 3. The molecule has 2 aliphatic rings.